The maximum atomic E-state index is 13.8. The Kier molecular flexibility index (Phi) is 8.39. The number of amides is 1. The molecule has 0 saturated carbocycles. The number of sulfonamides is 1. The molecule has 0 aliphatic rings. The van der Waals surface area contributed by atoms with E-state index in [0.29, 0.717) is 5.75 Å². The smallest absolute Gasteiger partial charge is 0.264 e. The highest BCUT2D eigenvalue weighted by Crippen LogP contribution is 2.32. The lowest BCUT2D eigenvalue weighted by molar-refractivity contribution is -0.120. The topological polar surface area (TPSA) is 75.7 Å². The van der Waals surface area contributed by atoms with Crippen molar-refractivity contribution in [3.05, 3.63) is 124 Å². The molecule has 0 saturated heterocycles. The van der Waals surface area contributed by atoms with Gasteiger partial charge in [-0.1, -0.05) is 83.9 Å². The Morgan fingerprint density at radius 2 is 1.58 bits per heavy atom. The Bertz CT molecular complexity index is 1520. The van der Waals surface area contributed by atoms with Gasteiger partial charge in [0, 0.05) is 0 Å². The van der Waals surface area contributed by atoms with Crippen LogP contribution in [0.5, 0.6) is 5.75 Å². The number of nitrogens with zero attached hydrogens (tertiary/aromatic N) is 1. The lowest BCUT2D eigenvalue weighted by Crippen LogP contribution is -2.42. The molecule has 6 nitrogen and oxygen atoms in total. The van der Waals surface area contributed by atoms with E-state index >= 15 is 0 Å². The van der Waals surface area contributed by atoms with E-state index < -0.39 is 28.5 Å². The molecule has 1 atom stereocenters. The number of anilines is 1. The minimum atomic E-state index is -4.10. The maximum absolute atomic E-state index is 13.8. The fourth-order valence-electron chi connectivity index (χ4n) is 4.20. The molecule has 38 heavy (non-hydrogen) atoms. The molecule has 1 N–H and O–H groups in total. The van der Waals surface area contributed by atoms with E-state index in [-0.39, 0.29) is 15.6 Å². The molecule has 0 unspecified atom stereocenters. The Morgan fingerprint density at radius 1 is 0.921 bits per heavy atom. The molecule has 4 aromatic rings. The maximum Gasteiger partial charge on any atom is 0.264 e. The van der Waals surface area contributed by atoms with Gasteiger partial charge in [0.05, 0.1) is 28.8 Å². The molecule has 196 valence electrons. The number of carbonyl (C=O) groups excluding carboxylic acids is 1. The Hall–Kier alpha value is -3.81. The van der Waals surface area contributed by atoms with Crippen LogP contribution in [0.25, 0.3) is 0 Å². The van der Waals surface area contributed by atoms with Crippen LogP contribution in [0.1, 0.15) is 28.3 Å². The third-order valence-electron chi connectivity index (χ3n) is 6.26. The monoisotopic (exact) mass is 548 g/mol. The first-order valence-electron chi connectivity index (χ1n) is 12.0. The fraction of sp³-hybridized carbons (Fsp3) is 0.167. The van der Waals surface area contributed by atoms with Gasteiger partial charge in [0.25, 0.3) is 10.0 Å². The normalized spacial score (nSPS) is 12.0. The first-order valence-corrected chi connectivity index (χ1v) is 13.9. The fourth-order valence-corrected chi connectivity index (χ4v) is 5.86. The van der Waals surface area contributed by atoms with E-state index in [0.717, 1.165) is 26.6 Å². The number of hydrogen-bond donors (Lipinski definition) is 1. The second-order valence-electron chi connectivity index (χ2n) is 8.91. The summed E-state index contributed by atoms with van der Waals surface area (Å²) in [4.78, 5) is 13.6. The van der Waals surface area contributed by atoms with Gasteiger partial charge in [-0.25, -0.2) is 8.42 Å². The van der Waals surface area contributed by atoms with E-state index in [1.54, 1.807) is 24.3 Å². The van der Waals surface area contributed by atoms with Crippen molar-refractivity contribution in [3.63, 3.8) is 0 Å². The summed E-state index contributed by atoms with van der Waals surface area (Å²) in [5.41, 5.74) is 3.99. The zero-order valence-corrected chi connectivity index (χ0v) is 23.0. The Balaban J connectivity index is 1.72. The number of nitrogens with one attached hydrogen (secondary N) is 1. The van der Waals surface area contributed by atoms with Crippen LogP contribution in [-0.2, 0) is 14.8 Å². The molecule has 0 spiro atoms. The highest BCUT2D eigenvalue weighted by Gasteiger charge is 2.29. The van der Waals surface area contributed by atoms with Crippen LogP contribution in [0.3, 0.4) is 0 Å². The molecule has 1 amide bonds. The van der Waals surface area contributed by atoms with Crippen molar-refractivity contribution < 1.29 is 17.9 Å². The number of carbonyl (C=O) groups is 1. The third-order valence-corrected chi connectivity index (χ3v) is 8.34. The number of halogens is 1. The molecule has 4 aromatic carbocycles. The molecular formula is C30H29ClN2O4S. The van der Waals surface area contributed by atoms with Crippen LogP contribution in [0.4, 0.5) is 5.69 Å². The zero-order valence-electron chi connectivity index (χ0n) is 21.4. The molecular weight excluding hydrogens is 520 g/mol. The lowest BCUT2D eigenvalue weighted by atomic mass is 9.95. The highest BCUT2D eigenvalue weighted by molar-refractivity contribution is 7.92. The van der Waals surface area contributed by atoms with Gasteiger partial charge in [-0.05, 0) is 60.9 Å². The first kappa shape index (κ1) is 27.2. The molecule has 0 aliphatic heterocycles. The van der Waals surface area contributed by atoms with Crippen molar-refractivity contribution in [1.82, 2.24) is 5.32 Å². The van der Waals surface area contributed by atoms with Gasteiger partial charge in [0.2, 0.25) is 5.91 Å². The average molecular weight is 549 g/mol. The molecule has 0 radical (unpaired) electrons. The summed E-state index contributed by atoms with van der Waals surface area (Å²) in [5, 5.41) is 3.29. The van der Waals surface area contributed by atoms with Gasteiger partial charge in [-0.2, -0.15) is 0 Å². The Morgan fingerprint density at radius 3 is 2.21 bits per heavy atom. The molecule has 0 bridgehead atoms. The van der Waals surface area contributed by atoms with E-state index in [1.165, 1.54) is 25.3 Å². The molecule has 0 fully saturated rings. The van der Waals surface area contributed by atoms with Gasteiger partial charge in [0.15, 0.2) is 0 Å². The van der Waals surface area contributed by atoms with E-state index in [9.17, 15) is 13.2 Å². The minimum absolute atomic E-state index is 0.0707. The van der Waals surface area contributed by atoms with E-state index in [1.807, 2.05) is 68.4 Å². The van der Waals surface area contributed by atoms with Crippen molar-refractivity contribution in [2.24, 2.45) is 0 Å². The van der Waals surface area contributed by atoms with E-state index in [2.05, 4.69) is 5.32 Å². The van der Waals surface area contributed by atoms with Gasteiger partial charge in [-0.3, -0.25) is 9.10 Å². The molecule has 0 heterocycles. The third kappa shape index (κ3) is 6.01. The summed E-state index contributed by atoms with van der Waals surface area (Å²) in [5.74, 6) is -0.0685. The zero-order chi connectivity index (χ0) is 27.3. The predicted octanol–water partition coefficient (Wildman–Crippen LogP) is 6.07. The van der Waals surface area contributed by atoms with Gasteiger partial charge < -0.3 is 10.1 Å². The average Bonchev–Trinajstić information content (AvgIpc) is 2.91. The summed E-state index contributed by atoms with van der Waals surface area (Å²) in [6, 6.07) is 28.0. The quantitative estimate of drug-likeness (QED) is 0.275. The van der Waals surface area contributed by atoms with Crippen LogP contribution in [0, 0.1) is 13.8 Å². The predicted molar refractivity (Wildman–Crippen MR) is 151 cm³/mol. The second-order valence-corrected chi connectivity index (χ2v) is 11.2. The van der Waals surface area contributed by atoms with E-state index in [4.69, 9.17) is 16.3 Å². The Labute approximate surface area is 228 Å². The van der Waals surface area contributed by atoms with Crippen molar-refractivity contribution in [1.29, 1.82) is 0 Å². The second kappa shape index (κ2) is 11.7. The summed E-state index contributed by atoms with van der Waals surface area (Å²) < 4.78 is 33.9. The first-order chi connectivity index (χ1) is 18.2. The number of aryl methyl sites for hydroxylation is 2. The lowest BCUT2D eigenvalue weighted by Gasteiger charge is -2.27. The SMILES string of the molecule is COc1ccc(N(CC(=O)N[C@H](c2ccccc2)c2ccccc2C)S(=O)(=O)c2ccc(C)cc2)cc1Cl. The molecule has 4 rings (SSSR count). The van der Waals surface area contributed by atoms with Gasteiger partial charge >= 0.3 is 0 Å². The summed E-state index contributed by atoms with van der Waals surface area (Å²) in [6.45, 7) is 3.40. The van der Waals surface area contributed by atoms with Crippen molar-refractivity contribution in [2.75, 3.05) is 18.0 Å². The molecule has 0 aromatic heterocycles. The number of ether oxygens (including phenoxy) is 1. The standard InChI is InChI=1S/C30H29ClN2O4S/c1-21-13-16-25(17-14-21)38(35,36)33(24-15-18-28(37-3)27(31)19-24)20-29(34)32-30(23-10-5-4-6-11-23)26-12-8-7-9-22(26)2/h4-19,30H,20H2,1-3H3,(H,32,34)/t30-/m1/s1. The highest BCUT2D eigenvalue weighted by atomic mass is 35.5. The molecule has 0 aliphatic carbocycles. The van der Waals surface area contributed by atoms with Crippen molar-refractivity contribution >= 4 is 33.2 Å². The number of hydrogen-bond acceptors (Lipinski definition) is 4. The summed E-state index contributed by atoms with van der Waals surface area (Å²) in [6.07, 6.45) is 0. The van der Waals surface area contributed by atoms with Crippen molar-refractivity contribution in [3.8, 4) is 5.75 Å². The van der Waals surface area contributed by atoms with Crippen LogP contribution in [-0.4, -0.2) is 28.0 Å². The van der Waals surface area contributed by atoms with Gasteiger partial charge in [0.1, 0.15) is 12.3 Å². The summed E-state index contributed by atoms with van der Waals surface area (Å²) >= 11 is 6.34. The summed E-state index contributed by atoms with van der Waals surface area (Å²) in [7, 11) is -2.63. The van der Waals surface area contributed by atoms with Crippen LogP contribution in [0.2, 0.25) is 5.02 Å². The molecule has 8 heteroatoms. The minimum Gasteiger partial charge on any atom is -0.495 e. The van der Waals surface area contributed by atoms with Gasteiger partial charge in [-0.15, -0.1) is 0 Å². The van der Waals surface area contributed by atoms with Crippen molar-refractivity contribution in [2.45, 2.75) is 24.8 Å². The van der Waals surface area contributed by atoms with Crippen LogP contribution < -0.4 is 14.4 Å². The van der Waals surface area contributed by atoms with Crippen LogP contribution in [0.15, 0.2) is 102 Å². The number of methoxy groups -OCH3 is 1. The number of benzene rings is 4. The number of rotatable bonds is 9. The largest absolute Gasteiger partial charge is 0.495 e. The van der Waals surface area contributed by atoms with Crippen LogP contribution >= 0.6 is 11.6 Å².